The highest BCUT2D eigenvalue weighted by Crippen LogP contribution is 2.76. The fourth-order valence-corrected chi connectivity index (χ4v) is 7.60. The van der Waals surface area contributed by atoms with Gasteiger partial charge < -0.3 is 24.8 Å². The summed E-state index contributed by atoms with van der Waals surface area (Å²) in [5, 5.41) is 37.4. The molecule has 7 atom stereocenters. The van der Waals surface area contributed by atoms with Gasteiger partial charge in [0.1, 0.15) is 6.10 Å². The summed E-state index contributed by atoms with van der Waals surface area (Å²) in [6, 6.07) is 36.8. The predicted molar refractivity (Wildman–Crippen MR) is 147 cm³/mol. The van der Waals surface area contributed by atoms with Gasteiger partial charge >= 0.3 is 5.97 Å². The molecular formula is C34H30O6. The number of hydrogen-bond acceptors (Lipinski definition) is 6. The fourth-order valence-electron chi connectivity index (χ4n) is 7.60. The van der Waals surface area contributed by atoms with Crippen LogP contribution in [0.3, 0.4) is 0 Å². The van der Waals surface area contributed by atoms with Gasteiger partial charge in [0.25, 0.3) is 0 Å². The van der Waals surface area contributed by atoms with Crippen molar-refractivity contribution >= 4 is 5.97 Å². The molecule has 6 heteroatoms. The standard InChI is InChI=1S/C34H30O6/c35-28-21-27(24-15-7-2-8-16-24)33-29(25-17-9-3-10-18-25)39-34(33,32(28,38)26-19-11-4-12-20-26)31(37,30(36)40-33)22-23-13-5-1-6-14-23/h1-20,27-29,35,37-38H,21-22H2. The van der Waals surface area contributed by atoms with E-state index in [0.29, 0.717) is 11.1 Å². The van der Waals surface area contributed by atoms with E-state index in [2.05, 4.69) is 0 Å². The number of rotatable bonds is 5. The molecule has 4 aromatic carbocycles. The second kappa shape index (κ2) is 8.85. The summed E-state index contributed by atoms with van der Waals surface area (Å²) in [5.41, 5.74) is -5.48. The molecule has 202 valence electrons. The molecule has 3 aliphatic rings. The highest BCUT2D eigenvalue weighted by atomic mass is 16.7. The summed E-state index contributed by atoms with van der Waals surface area (Å²) >= 11 is 0. The second-order valence-electron chi connectivity index (χ2n) is 11.1. The monoisotopic (exact) mass is 534 g/mol. The largest absolute Gasteiger partial charge is 0.450 e. The van der Waals surface area contributed by atoms with Crippen LogP contribution in [0.1, 0.15) is 40.7 Å². The van der Waals surface area contributed by atoms with Crippen molar-refractivity contribution in [3.8, 4) is 0 Å². The lowest BCUT2D eigenvalue weighted by Crippen LogP contribution is -2.88. The first-order valence-electron chi connectivity index (χ1n) is 13.6. The minimum atomic E-state index is -2.32. The van der Waals surface area contributed by atoms with Crippen molar-refractivity contribution in [1.82, 2.24) is 0 Å². The van der Waals surface area contributed by atoms with Crippen LogP contribution < -0.4 is 0 Å². The van der Waals surface area contributed by atoms with Gasteiger partial charge in [-0.3, -0.25) is 0 Å². The van der Waals surface area contributed by atoms with E-state index in [9.17, 15) is 20.1 Å². The predicted octanol–water partition coefficient (Wildman–Crippen LogP) is 4.20. The average molecular weight is 535 g/mol. The molecule has 2 heterocycles. The van der Waals surface area contributed by atoms with Crippen LogP contribution in [-0.2, 0) is 26.3 Å². The zero-order valence-corrected chi connectivity index (χ0v) is 21.8. The third-order valence-electron chi connectivity index (χ3n) is 9.23. The van der Waals surface area contributed by atoms with Gasteiger partial charge in [-0.25, -0.2) is 4.79 Å². The lowest BCUT2D eigenvalue weighted by Gasteiger charge is -2.71. The number of esters is 1. The van der Waals surface area contributed by atoms with Crippen LogP contribution in [0.15, 0.2) is 121 Å². The van der Waals surface area contributed by atoms with Gasteiger partial charge in [-0.05, 0) is 28.7 Å². The minimum Gasteiger partial charge on any atom is -0.450 e. The van der Waals surface area contributed by atoms with E-state index in [0.717, 1.165) is 11.1 Å². The van der Waals surface area contributed by atoms with Gasteiger partial charge in [0.05, 0.1) is 6.10 Å². The molecule has 0 aromatic heterocycles. The average Bonchev–Trinajstić information content (AvgIpc) is 3.14. The van der Waals surface area contributed by atoms with Crippen LogP contribution in [0.4, 0.5) is 0 Å². The molecule has 3 N–H and O–H groups in total. The summed E-state index contributed by atoms with van der Waals surface area (Å²) in [6.45, 7) is 0. The molecule has 3 fully saturated rings. The third-order valence-corrected chi connectivity index (χ3v) is 9.23. The molecule has 40 heavy (non-hydrogen) atoms. The Morgan fingerprint density at radius 3 is 1.85 bits per heavy atom. The van der Waals surface area contributed by atoms with Crippen molar-refractivity contribution in [3.05, 3.63) is 144 Å². The van der Waals surface area contributed by atoms with Crippen LogP contribution >= 0.6 is 0 Å². The summed E-state index contributed by atoms with van der Waals surface area (Å²) in [6.07, 6.45) is -2.27. The number of aliphatic hydroxyl groups excluding tert-OH is 1. The topological polar surface area (TPSA) is 96.2 Å². The third kappa shape index (κ3) is 2.99. The van der Waals surface area contributed by atoms with E-state index >= 15 is 0 Å². The first-order chi connectivity index (χ1) is 19.4. The minimum absolute atomic E-state index is 0.0819. The van der Waals surface area contributed by atoms with Crippen molar-refractivity contribution < 1.29 is 29.6 Å². The molecule has 0 spiro atoms. The smallest absolute Gasteiger partial charge is 0.342 e. The summed E-state index contributed by atoms with van der Waals surface area (Å²) in [4.78, 5) is 14.2. The second-order valence-corrected chi connectivity index (χ2v) is 11.1. The Hall–Kier alpha value is -3.81. The molecule has 0 amide bonds. The quantitative estimate of drug-likeness (QED) is 0.332. The normalized spacial score (nSPS) is 36.2. The highest BCUT2D eigenvalue weighted by Gasteiger charge is 2.95. The van der Waals surface area contributed by atoms with Gasteiger partial charge in [-0.2, -0.15) is 0 Å². The molecule has 1 aliphatic carbocycles. The molecule has 0 bridgehead atoms. The van der Waals surface area contributed by atoms with Crippen LogP contribution in [0.25, 0.3) is 0 Å². The Morgan fingerprint density at radius 1 is 0.725 bits per heavy atom. The maximum absolute atomic E-state index is 14.2. The van der Waals surface area contributed by atoms with E-state index in [4.69, 9.17) is 9.47 Å². The molecule has 0 radical (unpaired) electrons. The van der Waals surface area contributed by atoms with E-state index in [1.165, 1.54) is 0 Å². The first kappa shape index (κ1) is 25.2. The molecule has 2 aliphatic heterocycles. The maximum atomic E-state index is 14.2. The maximum Gasteiger partial charge on any atom is 0.342 e. The van der Waals surface area contributed by atoms with E-state index in [1.54, 1.807) is 30.3 Å². The van der Waals surface area contributed by atoms with Crippen molar-refractivity contribution in [3.63, 3.8) is 0 Å². The number of hydrogen-bond donors (Lipinski definition) is 3. The van der Waals surface area contributed by atoms with Gasteiger partial charge in [0.2, 0.25) is 5.60 Å². The molecule has 2 saturated heterocycles. The first-order valence-corrected chi connectivity index (χ1v) is 13.6. The number of carbonyl (C=O) groups excluding carboxylic acids is 1. The fraction of sp³-hybridized carbons (Fsp3) is 0.265. The zero-order chi connectivity index (χ0) is 27.6. The zero-order valence-electron chi connectivity index (χ0n) is 21.8. The van der Waals surface area contributed by atoms with E-state index in [-0.39, 0.29) is 12.8 Å². The molecule has 6 nitrogen and oxygen atoms in total. The Bertz CT molecular complexity index is 1530. The lowest BCUT2D eigenvalue weighted by atomic mass is 9.45. The van der Waals surface area contributed by atoms with Crippen molar-refractivity contribution in [1.29, 1.82) is 0 Å². The Kier molecular flexibility index (Phi) is 5.57. The SMILES string of the molecule is O=C1OC23C(c4ccccc4)CC(O)C(O)(c4ccccc4)C2(OC3c2ccccc2)C1(O)Cc1ccccc1. The van der Waals surface area contributed by atoms with Crippen LogP contribution in [0, 0.1) is 0 Å². The molecule has 4 aromatic rings. The number of benzene rings is 4. The van der Waals surface area contributed by atoms with Crippen LogP contribution in [0.5, 0.6) is 0 Å². The number of carbonyl (C=O) groups is 1. The van der Waals surface area contributed by atoms with Gasteiger partial charge in [-0.15, -0.1) is 0 Å². The van der Waals surface area contributed by atoms with Gasteiger partial charge in [0, 0.05) is 12.3 Å². The van der Waals surface area contributed by atoms with E-state index in [1.807, 2.05) is 91.0 Å². The Morgan fingerprint density at radius 2 is 1.25 bits per heavy atom. The van der Waals surface area contributed by atoms with E-state index < -0.39 is 46.5 Å². The van der Waals surface area contributed by atoms with Crippen LogP contribution in [0.2, 0.25) is 0 Å². The number of ether oxygens (including phenoxy) is 2. The number of aliphatic hydroxyl groups is 3. The summed E-state index contributed by atoms with van der Waals surface area (Å²) < 4.78 is 13.2. The van der Waals surface area contributed by atoms with Crippen molar-refractivity contribution in [2.45, 2.75) is 53.4 Å². The molecule has 7 unspecified atom stereocenters. The molecular weight excluding hydrogens is 504 g/mol. The lowest BCUT2D eigenvalue weighted by molar-refractivity contribution is -0.446. The Labute approximate surface area is 232 Å². The van der Waals surface area contributed by atoms with Crippen molar-refractivity contribution in [2.75, 3.05) is 0 Å². The molecule has 1 saturated carbocycles. The highest BCUT2D eigenvalue weighted by molar-refractivity contribution is 5.88. The van der Waals surface area contributed by atoms with Gasteiger partial charge in [-0.1, -0.05) is 121 Å². The van der Waals surface area contributed by atoms with Gasteiger partial charge in [0.15, 0.2) is 16.8 Å². The summed E-state index contributed by atoms with van der Waals surface area (Å²) in [7, 11) is 0. The Balaban J connectivity index is 1.54. The van der Waals surface area contributed by atoms with Crippen LogP contribution in [-0.4, -0.2) is 44.2 Å². The summed E-state index contributed by atoms with van der Waals surface area (Å²) in [5.74, 6) is -1.46. The molecule has 7 rings (SSSR count). The van der Waals surface area contributed by atoms with Crippen molar-refractivity contribution in [2.24, 2.45) is 0 Å².